The van der Waals surface area contributed by atoms with Crippen LogP contribution in [0, 0.1) is 5.92 Å². The molecule has 0 bridgehead atoms. The lowest BCUT2D eigenvalue weighted by molar-refractivity contribution is -0.154. The van der Waals surface area contributed by atoms with Gasteiger partial charge in [-0.2, -0.15) is 0 Å². The van der Waals surface area contributed by atoms with Gasteiger partial charge in [-0.1, -0.05) is 46.0 Å². The summed E-state index contributed by atoms with van der Waals surface area (Å²) in [6, 6.07) is 0. The molecular weight excluding hydrogens is 212 g/mol. The zero-order valence-corrected chi connectivity index (χ0v) is 12.3. The number of ether oxygens (including phenoxy) is 1. The van der Waals surface area contributed by atoms with Gasteiger partial charge in [0.25, 0.3) is 0 Å². The van der Waals surface area contributed by atoms with Crippen molar-refractivity contribution in [3.05, 3.63) is 0 Å². The maximum atomic E-state index is 11.4. The second kappa shape index (κ2) is 8.54. The Labute approximate surface area is 107 Å². The van der Waals surface area contributed by atoms with Crippen LogP contribution in [0.15, 0.2) is 0 Å². The lowest BCUT2D eigenvalue weighted by Gasteiger charge is -2.19. The van der Waals surface area contributed by atoms with E-state index in [0.29, 0.717) is 6.42 Å². The molecule has 0 N–H and O–H groups in total. The van der Waals surface area contributed by atoms with Crippen molar-refractivity contribution >= 4 is 5.97 Å². The van der Waals surface area contributed by atoms with E-state index < -0.39 is 0 Å². The normalized spacial score (nSPS) is 11.9. The molecule has 102 valence electrons. The first kappa shape index (κ1) is 16.5. The summed E-state index contributed by atoms with van der Waals surface area (Å²) >= 11 is 0. The predicted octanol–water partition coefficient (Wildman–Crippen LogP) is 4.71. The van der Waals surface area contributed by atoms with Gasteiger partial charge in [0, 0.05) is 6.42 Å². The Bertz CT molecular complexity index is 201. The van der Waals surface area contributed by atoms with Crippen LogP contribution in [0.1, 0.15) is 79.6 Å². The van der Waals surface area contributed by atoms with Gasteiger partial charge in [-0.05, 0) is 33.1 Å². The minimum absolute atomic E-state index is 0.0559. The molecule has 0 saturated carbocycles. The highest BCUT2D eigenvalue weighted by atomic mass is 16.6. The average Bonchev–Trinajstić information content (AvgIpc) is 2.12. The molecule has 0 atom stereocenters. The summed E-state index contributed by atoms with van der Waals surface area (Å²) in [5, 5.41) is 0. The van der Waals surface area contributed by atoms with E-state index in [2.05, 4.69) is 13.8 Å². The molecule has 0 fully saturated rings. The zero-order chi connectivity index (χ0) is 13.3. The lowest BCUT2D eigenvalue weighted by atomic mass is 10.0. The Balaban J connectivity index is 3.31. The van der Waals surface area contributed by atoms with E-state index in [0.717, 1.165) is 18.8 Å². The first-order valence-electron chi connectivity index (χ1n) is 7.03. The van der Waals surface area contributed by atoms with Crippen molar-refractivity contribution in [2.45, 2.75) is 85.2 Å². The van der Waals surface area contributed by atoms with Gasteiger partial charge in [-0.25, -0.2) is 0 Å². The minimum atomic E-state index is -0.339. The van der Waals surface area contributed by atoms with Crippen LogP contribution in [0.3, 0.4) is 0 Å². The van der Waals surface area contributed by atoms with Crippen molar-refractivity contribution in [3.63, 3.8) is 0 Å². The molecule has 0 aromatic heterocycles. The number of hydrogen-bond acceptors (Lipinski definition) is 2. The van der Waals surface area contributed by atoms with E-state index in [9.17, 15) is 4.79 Å². The highest BCUT2D eigenvalue weighted by Gasteiger charge is 2.15. The summed E-state index contributed by atoms with van der Waals surface area (Å²) in [7, 11) is 0. The van der Waals surface area contributed by atoms with Crippen molar-refractivity contribution in [2.75, 3.05) is 0 Å². The fourth-order valence-corrected chi connectivity index (χ4v) is 1.74. The van der Waals surface area contributed by atoms with Crippen LogP contribution in [0.4, 0.5) is 0 Å². The first-order chi connectivity index (χ1) is 7.81. The number of rotatable bonds is 8. The molecule has 0 rings (SSSR count). The van der Waals surface area contributed by atoms with E-state index >= 15 is 0 Å². The van der Waals surface area contributed by atoms with Crippen LogP contribution < -0.4 is 0 Å². The van der Waals surface area contributed by atoms with Crippen LogP contribution in [-0.4, -0.2) is 11.6 Å². The van der Waals surface area contributed by atoms with Gasteiger partial charge in [-0.15, -0.1) is 0 Å². The summed E-state index contributed by atoms with van der Waals surface area (Å²) in [6.07, 6.45) is 7.88. The van der Waals surface area contributed by atoms with E-state index in [1.54, 1.807) is 0 Å². The van der Waals surface area contributed by atoms with Crippen LogP contribution in [0.5, 0.6) is 0 Å². The van der Waals surface area contributed by atoms with E-state index in [1.807, 2.05) is 20.8 Å². The quantitative estimate of drug-likeness (QED) is 0.455. The number of hydrogen-bond donors (Lipinski definition) is 0. The van der Waals surface area contributed by atoms with Gasteiger partial charge in [0.05, 0.1) is 0 Å². The lowest BCUT2D eigenvalue weighted by Crippen LogP contribution is -2.23. The summed E-state index contributed by atoms with van der Waals surface area (Å²) in [5.74, 6) is 0.761. The third-order valence-corrected chi connectivity index (χ3v) is 2.58. The van der Waals surface area contributed by atoms with E-state index in [4.69, 9.17) is 4.74 Å². The van der Waals surface area contributed by atoms with Crippen molar-refractivity contribution in [2.24, 2.45) is 5.92 Å². The molecule has 17 heavy (non-hydrogen) atoms. The highest BCUT2D eigenvalue weighted by Crippen LogP contribution is 2.13. The first-order valence-corrected chi connectivity index (χ1v) is 7.03. The molecule has 0 aromatic rings. The molecule has 2 heteroatoms. The third-order valence-electron chi connectivity index (χ3n) is 2.58. The van der Waals surface area contributed by atoms with Gasteiger partial charge in [-0.3, -0.25) is 4.79 Å². The second-order valence-corrected chi connectivity index (χ2v) is 6.29. The van der Waals surface area contributed by atoms with Gasteiger partial charge < -0.3 is 4.74 Å². The monoisotopic (exact) mass is 242 g/mol. The molecule has 0 spiro atoms. The van der Waals surface area contributed by atoms with Gasteiger partial charge in [0.2, 0.25) is 0 Å². The van der Waals surface area contributed by atoms with Crippen LogP contribution in [-0.2, 0) is 9.53 Å². The van der Waals surface area contributed by atoms with Crippen molar-refractivity contribution in [1.29, 1.82) is 0 Å². The molecule has 0 aromatic carbocycles. The molecular formula is C15H30O2. The molecule has 0 heterocycles. The average molecular weight is 242 g/mol. The largest absolute Gasteiger partial charge is 0.460 e. The predicted molar refractivity (Wildman–Crippen MR) is 73.0 cm³/mol. The Morgan fingerprint density at radius 3 is 2.06 bits per heavy atom. The number of esters is 1. The standard InChI is InChI=1S/C15H30O2/c1-13(2)11-9-7-6-8-10-12-14(16)17-15(3,4)5/h13H,6-12H2,1-5H3. The Morgan fingerprint density at radius 2 is 1.53 bits per heavy atom. The topological polar surface area (TPSA) is 26.3 Å². The molecule has 0 radical (unpaired) electrons. The number of carbonyl (C=O) groups excluding carboxylic acids is 1. The Hall–Kier alpha value is -0.530. The molecule has 2 nitrogen and oxygen atoms in total. The van der Waals surface area contributed by atoms with E-state index in [-0.39, 0.29) is 11.6 Å². The highest BCUT2D eigenvalue weighted by molar-refractivity contribution is 5.69. The van der Waals surface area contributed by atoms with Crippen LogP contribution >= 0.6 is 0 Å². The molecule has 0 amide bonds. The van der Waals surface area contributed by atoms with Crippen LogP contribution in [0.25, 0.3) is 0 Å². The second-order valence-electron chi connectivity index (χ2n) is 6.29. The summed E-state index contributed by atoms with van der Waals surface area (Å²) in [6.45, 7) is 10.3. The number of carbonyl (C=O) groups is 1. The van der Waals surface area contributed by atoms with E-state index in [1.165, 1.54) is 25.7 Å². The molecule has 0 aliphatic heterocycles. The Morgan fingerprint density at radius 1 is 1.00 bits per heavy atom. The van der Waals surface area contributed by atoms with Gasteiger partial charge in [0.1, 0.15) is 5.60 Å². The molecule has 0 saturated heterocycles. The minimum Gasteiger partial charge on any atom is -0.460 e. The van der Waals surface area contributed by atoms with Crippen molar-refractivity contribution in [1.82, 2.24) is 0 Å². The zero-order valence-electron chi connectivity index (χ0n) is 12.3. The summed E-state index contributed by atoms with van der Waals surface area (Å²) in [5.41, 5.74) is -0.339. The fourth-order valence-electron chi connectivity index (χ4n) is 1.74. The fraction of sp³-hybridized carbons (Fsp3) is 0.933. The Kier molecular flexibility index (Phi) is 8.28. The van der Waals surface area contributed by atoms with Crippen molar-refractivity contribution < 1.29 is 9.53 Å². The molecule has 0 aliphatic rings. The molecule has 0 aliphatic carbocycles. The third kappa shape index (κ3) is 13.4. The number of unbranched alkanes of at least 4 members (excludes halogenated alkanes) is 4. The molecule has 0 unspecified atom stereocenters. The SMILES string of the molecule is CC(C)CCCCCCCC(=O)OC(C)(C)C. The van der Waals surface area contributed by atoms with Gasteiger partial charge >= 0.3 is 5.97 Å². The maximum Gasteiger partial charge on any atom is 0.306 e. The summed E-state index contributed by atoms with van der Waals surface area (Å²) in [4.78, 5) is 11.4. The maximum absolute atomic E-state index is 11.4. The summed E-state index contributed by atoms with van der Waals surface area (Å²) < 4.78 is 5.26. The smallest absolute Gasteiger partial charge is 0.306 e. The van der Waals surface area contributed by atoms with Crippen molar-refractivity contribution in [3.8, 4) is 0 Å². The van der Waals surface area contributed by atoms with Gasteiger partial charge in [0.15, 0.2) is 0 Å². The van der Waals surface area contributed by atoms with Crippen LogP contribution in [0.2, 0.25) is 0 Å².